The number of likely N-dealkylation sites (tertiary alicyclic amines) is 1. The molecule has 5 heteroatoms. The Hall–Kier alpha value is -3.11. The van der Waals surface area contributed by atoms with E-state index in [-0.39, 0.29) is 17.6 Å². The molecule has 4 nitrogen and oxygen atoms in total. The normalized spacial score (nSPS) is 16.9. The van der Waals surface area contributed by atoms with Crippen molar-refractivity contribution in [2.75, 3.05) is 13.1 Å². The van der Waals surface area contributed by atoms with E-state index in [4.69, 9.17) is 16.3 Å². The standard InChI is InChI=1S/C29H28ClNO3/c1-20-16-27-24(17-25(20)30)26(32)19-29(34-27)12-14-31(15-13-29)28(33)18-23(21-8-4-2-5-9-21)22-10-6-3-7-11-22/h2-11,16-17,23H,12-15,18-19H2,1H3. The second-order valence-electron chi connectivity index (χ2n) is 9.44. The Kier molecular flexibility index (Phi) is 6.18. The maximum absolute atomic E-state index is 13.4. The van der Waals surface area contributed by atoms with Crippen molar-refractivity contribution in [2.24, 2.45) is 0 Å². The van der Waals surface area contributed by atoms with Crippen molar-refractivity contribution in [3.8, 4) is 5.75 Å². The zero-order chi connectivity index (χ0) is 23.7. The van der Waals surface area contributed by atoms with Gasteiger partial charge in [-0.1, -0.05) is 72.3 Å². The van der Waals surface area contributed by atoms with Crippen molar-refractivity contribution >= 4 is 23.3 Å². The molecule has 174 valence electrons. The Morgan fingerprint density at radius 2 is 1.59 bits per heavy atom. The van der Waals surface area contributed by atoms with Gasteiger partial charge in [0.05, 0.1) is 12.0 Å². The third-order valence-electron chi connectivity index (χ3n) is 7.18. The van der Waals surface area contributed by atoms with Gasteiger partial charge in [-0.2, -0.15) is 0 Å². The van der Waals surface area contributed by atoms with Crippen LogP contribution in [0.2, 0.25) is 5.02 Å². The molecule has 0 N–H and O–H groups in total. The number of ether oxygens (including phenoxy) is 1. The number of aryl methyl sites for hydroxylation is 1. The second-order valence-corrected chi connectivity index (χ2v) is 9.85. The fourth-order valence-corrected chi connectivity index (χ4v) is 5.32. The van der Waals surface area contributed by atoms with E-state index in [1.165, 1.54) is 0 Å². The van der Waals surface area contributed by atoms with Gasteiger partial charge in [0.25, 0.3) is 0 Å². The molecule has 1 fully saturated rings. The Balaban J connectivity index is 1.29. The van der Waals surface area contributed by atoms with Crippen LogP contribution in [0.3, 0.4) is 0 Å². The quantitative estimate of drug-likeness (QED) is 0.453. The molecule has 1 amide bonds. The van der Waals surface area contributed by atoms with Crippen molar-refractivity contribution in [2.45, 2.75) is 44.1 Å². The largest absolute Gasteiger partial charge is 0.486 e. The summed E-state index contributed by atoms with van der Waals surface area (Å²) in [5.74, 6) is 0.831. The average molecular weight is 474 g/mol. The molecule has 3 aromatic carbocycles. The molecule has 0 aromatic heterocycles. The number of halogens is 1. The molecule has 0 aliphatic carbocycles. The number of nitrogens with zero attached hydrogens (tertiary/aromatic N) is 1. The predicted octanol–water partition coefficient (Wildman–Crippen LogP) is 6.20. The molecule has 0 unspecified atom stereocenters. The molecule has 1 spiro atoms. The summed E-state index contributed by atoms with van der Waals surface area (Å²) in [6.07, 6.45) is 2.04. The number of carbonyl (C=O) groups excluding carboxylic acids is 2. The minimum Gasteiger partial charge on any atom is -0.486 e. The predicted molar refractivity (Wildman–Crippen MR) is 134 cm³/mol. The maximum atomic E-state index is 13.4. The molecule has 0 saturated carbocycles. The molecular weight excluding hydrogens is 446 g/mol. The van der Waals surface area contributed by atoms with Crippen LogP contribution in [0, 0.1) is 6.92 Å². The number of piperidine rings is 1. The number of hydrogen-bond acceptors (Lipinski definition) is 3. The summed E-state index contributed by atoms with van der Waals surface area (Å²) >= 11 is 6.22. The summed E-state index contributed by atoms with van der Waals surface area (Å²) in [4.78, 5) is 28.2. The number of Topliss-reactive ketones (excluding diaryl/α,β-unsaturated/α-hetero) is 1. The van der Waals surface area contributed by atoms with E-state index in [1.54, 1.807) is 6.07 Å². The fourth-order valence-electron chi connectivity index (χ4n) is 5.16. The van der Waals surface area contributed by atoms with Crippen molar-refractivity contribution in [1.29, 1.82) is 0 Å². The van der Waals surface area contributed by atoms with E-state index >= 15 is 0 Å². The van der Waals surface area contributed by atoms with Gasteiger partial charge >= 0.3 is 0 Å². The Morgan fingerprint density at radius 1 is 1.00 bits per heavy atom. The van der Waals surface area contributed by atoms with Crippen molar-refractivity contribution in [3.63, 3.8) is 0 Å². The topological polar surface area (TPSA) is 46.6 Å². The van der Waals surface area contributed by atoms with Crippen molar-refractivity contribution in [1.82, 2.24) is 4.90 Å². The number of rotatable bonds is 4. The summed E-state index contributed by atoms with van der Waals surface area (Å²) in [5, 5.41) is 0.582. The lowest BCUT2D eigenvalue weighted by Crippen LogP contribution is -2.52. The lowest BCUT2D eigenvalue weighted by atomic mass is 9.82. The van der Waals surface area contributed by atoms with Crippen LogP contribution >= 0.6 is 11.6 Å². The van der Waals surface area contributed by atoms with Gasteiger partial charge in [0.2, 0.25) is 5.91 Å². The summed E-state index contributed by atoms with van der Waals surface area (Å²) in [7, 11) is 0. The first-order chi connectivity index (χ1) is 16.4. The molecule has 34 heavy (non-hydrogen) atoms. The lowest BCUT2D eigenvalue weighted by molar-refractivity contribution is -0.135. The van der Waals surface area contributed by atoms with Gasteiger partial charge < -0.3 is 9.64 Å². The average Bonchev–Trinajstić information content (AvgIpc) is 2.85. The molecule has 0 atom stereocenters. The second kappa shape index (κ2) is 9.27. The molecule has 3 aromatic rings. The van der Waals surface area contributed by atoms with E-state index in [0.29, 0.717) is 55.1 Å². The van der Waals surface area contributed by atoms with E-state index in [1.807, 2.05) is 54.3 Å². The highest BCUT2D eigenvalue weighted by atomic mass is 35.5. The van der Waals surface area contributed by atoms with Gasteiger partial charge in [0, 0.05) is 43.3 Å². The molecule has 2 heterocycles. The zero-order valence-corrected chi connectivity index (χ0v) is 20.1. The van der Waals surface area contributed by atoms with E-state index in [0.717, 1.165) is 16.7 Å². The maximum Gasteiger partial charge on any atom is 0.223 e. The van der Waals surface area contributed by atoms with E-state index < -0.39 is 5.60 Å². The summed E-state index contributed by atoms with van der Waals surface area (Å²) < 4.78 is 6.40. The molecule has 1 saturated heterocycles. The number of amides is 1. The van der Waals surface area contributed by atoms with Gasteiger partial charge in [-0.15, -0.1) is 0 Å². The van der Waals surface area contributed by atoms with Crippen LogP contribution in [-0.2, 0) is 4.79 Å². The number of carbonyl (C=O) groups is 2. The number of hydrogen-bond donors (Lipinski definition) is 0. The van der Waals surface area contributed by atoms with Crippen LogP contribution in [-0.4, -0.2) is 35.3 Å². The highest BCUT2D eigenvalue weighted by Crippen LogP contribution is 2.41. The third-order valence-corrected chi connectivity index (χ3v) is 7.59. The molecule has 2 aliphatic rings. The van der Waals surface area contributed by atoms with Gasteiger partial charge in [0.1, 0.15) is 11.4 Å². The number of ketones is 1. The SMILES string of the molecule is Cc1cc2c(cc1Cl)C(=O)CC1(CCN(C(=O)CC(c3ccccc3)c3ccccc3)CC1)O2. The molecule has 2 aliphatic heterocycles. The van der Waals surface area contributed by atoms with Crippen LogP contribution in [0.25, 0.3) is 0 Å². The molecular formula is C29H28ClNO3. The molecule has 5 rings (SSSR count). The highest BCUT2D eigenvalue weighted by molar-refractivity contribution is 6.31. The first-order valence-corrected chi connectivity index (χ1v) is 12.2. The van der Waals surface area contributed by atoms with E-state index in [9.17, 15) is 9.59 Å². The molecule has 0 bridgehead atoms. The Bertz CT molecular complexity index is 1160. The monoisotopic (exact) mass is 473 g/mol. The van der Waals surface area contributed by atoms with Crippen LogP contribution in [0.1, 0.15) is 58.6 Å². The van der Waals surface area contributed by atoms with Gasteiger partial charge in [0.15, 0.2) is 5.78 Å². The molecule has 0 radical (unpaired) electrons. The Morgan fingerprint density at radius 3 is 2.18 bits per heavy atom. The van der Waals surface area contributed by atoms with Crippen LogP contribution in [0.4, 0.5) is 0 Å². The van der Waals surface area contributed by atoms with Gasteiger partial charge in [-0.05, 0) is 35.7 Å². The van der Waals surface area contributed by atoms with Crippen LogP contribution in [0.15, 0.2) is 72.8 Å². The number of benzene rings is 3. The van der Waals surface area contributed by atoms with E-state index in [2.05, 4.69) is 24.3 Å². The summed E-state index contributed by atoms with van der Waals surface area (Å²) in [5.41, 5.74) is 3.20. The fraction of sp³-hybridized carbons (Fsp3) is 0.310. The summed E-state index contributed by atoms with van der Waals surface area (Å²) in [6, 6.07) is 24.0. The zero-order valence-electron chi connectivity index (χ0n) is 19.3. The van der Waals surface area contributed by atoms with Crippen LogP contribution in [0.5, 0.6) is 5.75 Å². The minimum absolute atomic E-state index is 0.0119. The van der Waals surface area contributed by atoms with Gasteiger partial charge in [-0.25, -0.2) is 0 Å². The van der Waals surface area contributed by atoms with Gasteiger partial charge in [-0.3, -0.25) is 9.59 Å². The highest BCUT2D eigenvalue weighted by Gasteiger charge is 2.44. The summed E-state index contributed by atoms with van der Waals surface area (Å²) in [6.45, 7) is 3.09. The van der Waals surface area contributed by atoms with Crippen molar-refractivity contribution in [3.05, 3.63) is 100 Å². The van der Waals surface area contributed by atoms with Crippen molar-refractivity contribution < 1.29 is 14.3 Å². The Labute approximate surface area is 205 Å². The van der Waals surface area contributed by atoms with Crippen LogP contribution < -0.4 is 4.74 Å². The minimum atomic E-state index is -0.542. The smallest absolute Gasteiger partial charge is 0.223 e. The first-order valence-electron chi connectivity index (χ1n) is 11.8. The lowest BCUT2D eigenvalue weighted by Gasteiger charge is -2.44. The third kappa shape index (κ3) is 4.47. The number of fused-ring (bicyclic) bond motifs is 1. The first kappa shape index (κ1) is 22.7.